The molecule has 0 bridgehead atoms. The molecule has 3 N–H and O–H groups in total. The van der Waals surface area contributed by atoms with Gasteiger partial charge in [0.15, 0.2) is 0 Å². The summed E-state index contributed by atoms with van der Waals surface area (Å²) >= 11 is 0. The van der Waals surface area contributed by atoms with Gasteiger partial charge in [-0.1, -0.05) is 44.2 Å². The van der Waals surface area contributed by atoms with E-state index in [0.717, 1.165) is 19.5 Å². The molecule has 3 nitrogen and oxygen atoms in total. The number of aliphatic hydroxyl groups excluding tert-OH is 1. The van der Waals surface area contributed by atoms with Gasteiger partial charge >= 0.3 is 0 Å². The number of rotatable bonds is 5. The van der Waals surface area contributed by atoms with Crippen molar-refractivity contribution < 1.29 is 5.11 Å². The zero-order valence-electron chi connectivity index (χ0n) is 13.5. The molecular formula is C18H30N2O. The van der Waals surface area contributed by atoms with E-state index in [4.69, 9.17) is 5.73 Å². The molecule has 21 heavy (non-hydrogen) atoms. The molecule has 1 aromatic rings. The number of hydrogen-bond donors (Lipinski definition) is 2. The summed E-state index contributed by atoms with van der Waals surface area (Å²) in [5.74, 6) is 0. The Bertz CT molecular complexity index is 418. The minimum Gasteiger partial charge on any atom is -0.390 e. The lowest BCUT2D eigenvalue weighted by atomic mass is 9.85. The number of β-amino-alcohol motifs (C(OH)–C–C–N with tert-alkyl or cyclic N) is 1. The first kappa shape index (κ1) is 16.5. The molecule has 0 amide bonds. The summed E-state index contributed by atoms with van der Waals surface area (Å²) in [4.78, 5) is 2.38. The predicted octanol–water partition coefficient (Wildman–Crippen LogP) is 2.43. The van der Waals surface area contributed by atoms with E-state index in [1.807, 2.05) is 18.2 Å². The van der Waals surface area contributed by atoms with E-state index in [2.05, 4.69) is 30.9 Å². The first-order chi connectivity index (χ1) is 9.96. The number of benzene rings is 1. The summed E-state index contributed by atoms with van der Waals surface area (Å²) in [5.41, 5.74) is 7.81. The van der Waals surface area contributed by atoms with Crippen LogP contribution in [0.1, 0.15) is 38.7 Å². The topological polar surface area (TPSA) is 49.5 Å². The molecule has 1 aromatic carbocycles. The number of nitrogens with zero attached hydrogens (tertiary/aromatic N) is 1. The summed E-state index contributed by atoms with van der Waals surface area (Å²) in [6.07, 6.45) is 3.98. The Morgan fingerprint density at radius 2 is 1.90 bits per heavy atom. The van der Waals surface area contributed by atoms with E-state index in [1.165, 1.54) is 24.8 Å². The fraction of sp³-hybridized carbons (Fsp3) is 0.667. The molecule has 1 fully saturated rings. The number of hydrogen-bond acceptors (Lipinski definition) is 3. The molecule has 2 rings (SSSR count). The van der Waals surface area contributed by atoms with Gasteiger partial charge in [0.2, 0.25) is 0 Å². The number of likely N-dealkylation sites (tertiary alicyclic amines) is 1. The van der Waals surface area contributed by atoms with E-state index in [-0.39, 0.29) is 6.04 Å². The Morgan fingerprint density at radius 3 is 2.62 bits per heavy atom. The lowest BCUT2D eigenvalue weighted by Gasteiger charge is -2.27. The van der Waals surface area contributed by atoms with Gasteiger partial charge in [0, 0.05) is 12.6 Å². The summed E-state index contributed by atoms with van der Waals surface area (Å²) < 4.78 is 0. The Kier molecular flexibility index (Phi) is 5.80. The molecule has 0 aliphatic carbocycles. The van der Waals surface area contributed by atoms with Crippen LogP contribution in [0, 0.1) is 5.41 Å². The Labute approximate surface area is 129 Å². The minimum absolute atomic E-state index is 0.191. The monoisotopic (exact) mass is 290 g/mol. The van der Waals surface area contributed by atoms with Gasteiger partial charge in [-0.25, -0.2) is 0 Å². The summed E-state index contributed by atoms with van der Waals surface area (Å²) in [6.45, 7) is 7.53. The average Bonchev–Trinajstić information content (AvgIpc) is 2.61. The van der Waals surface area contributed by atoms with Crippen molar-refractivity contribution in [2.45, 2.75) is 51.7 Å². The van der Waals surface area contributed by atoms with Crippen molar-refractivity contribution in [1.29, 1.82) is 0 Å². The zero-order valence-corrected chi connectivity index (χ0v) is 13.5. The van der Waals surface area contributed by atoms with E-state index >= 15 is 0 Å². The SMILES string of the molecule is CC1(C)CCCN(CC(O)C(N)Cc2ccccc2)CC1. The van der Waals surface area contributed by atoms with Crippen molar-refractivity contribution in [3.8, 4) is 0 Å². The van der Waals surface area contributed by atoms with Crippen molar-refractivity contribution in [2.24, 2.45) is 11.1 Å². The van der Waals surface area contributed by atoms with Gasteiger partial charge in [-0.15, -0.1) is 0 Å². The number of nitrogens with two attached hydrogens (primary N) is 1. The molecule has 2 atom stereocenters. The maximum Gasteiger partial charge on any atom is 0.0820 e. The first-order valence-electron chi connectivity index (χ1n) is 8.16. The summed E-state index contributed by atoms with van der Waals surface area (Å²) in [7, 11) is 0. The highest BCUT2D eigenvalue weighted by atomic mass is 16.3. The van der Waals surface area contributed by atoms with Crippen LogP contribution in [0.2, 0.25) is 0 Å². The quantitative estimate of drug-likeness (QED) is 0.875. The van der Waals surface area contributed by atoms with Gasteiger partial charge in [0.25, 0.3) is 0 Å². The van der Waals surface area contributed by atoms with Crippen LogP contribution < -0.4 is 5.73 Å². The Hall–Kier alpha value is -0.900. The van der Waals surface area contributed by atoms with Gasteiger partial charge in [-0.3, -0.25) is 0 Å². The fourth-order valence-corrected chi connectivity index (χ4v) is 3.08. The van der Waals surface area contributed by atoms with Crippen LogP contribution in [-0.2, 0) is 6.42 Å². The molecule has 0 spiro atoms. The molecule has 1 aliphatic heterocycles. The normalized spacial score (nSPS) is 22.5. The van der Waals surface area contributed by atoms with Crippen molar-refractivity contribution in [3.63, 3.8) is 0 Å². The lowest BCUT2D eigenvalue weighted by Crippen LogP contribution is -2.45. The van der Waals surface area contributed by atoms with Gasteiger partial charge < -0.3 is 15.7 Å². The van der Waals surface area contributed by atoms with E-state index in [9.17, 15) is 5.11 Å². The molecule has 0 radical (unpaired) electrons. The molecule has 1 saturated heterocycles. The van der Waals surface area contributed by atoms with E-state index < -0.39 is 6.10 Å². The zero-order chi connectivity index (χ0) is 15.3. The van der Waals surface area contributed by atoms with E-state index in [1.54, 1.807) is 0 Å². The molecule has 0 aromatic heterocycles. The van der Waals surface area contributed by atoms with Gasteiger partial charge in [-0.2, -0.15) is 0 Å². The number of aliphatic hydroxyl groups is 1. The van der Waals surface area contributed by atoms with Crippen LogP contribution in [-0.4, -0.2) is 41.8 Å². The minimum atomic E-state index is -0.452. The third-order valence-electron chi connectivity index (χ3n) is 4.69. The highest BCUT2D eigenvalue weighted by Gasteiger charge is 2.25. The molecule has 2 unspecified atom stereocenters. The Balaban J connectivity index is 1.81. The molecule has 0 saturated carbocycles. The highest BCUT2D eigenvalue weighted by molar-refractivity contribution is 5.16. The Morgan fingerprint density at radius 1 is 1.19 bits per heavy atom. The van der Waals surface area contributed by atoms with Crippen molar-refractivity contribution >= 4 is 0 Å². The average molecular weight is 290 g/mol. The highest BCUT2D eigenvalue weighted by Crippen LogP contribution is 2.29. The predicted molar refractivity (Wildman–Crippen MR) is 88.2 cm³/mol. The maximum absolute atomic E-state index is 10.4. The van der Waals surface area contributed by atoms with Crippen molar-refractivity contribution in [1.82, 2.24) is 4.90 Å². The van der Waals surface area contributed by atoms with E-state index in [0.29, 0.717) is 12.0 Å². The van der Waals surface area contributed by atoms with Gasteiger partial charge in [-0.05, 0) is 49.8 Å². The largest absolute Gasteiger partial charge is 0.390 e. The molecule has 118 valence electrons. The standard InChI is InChI=1S/C18H30N2O/c1-18(2)9-6-11-20(12-10-18)14-17(21)16(19)13-15-7-4-3-5-8-15/h3-5,7-8,16-17,21H,6,9-14,19H2,1-2H3. The maximum atomic E-state index is 10.4. The third-order valence-corrected chi connectivity index (χ3v) is 4.69. The van der Waals surface area contributed by atoms with Crippen molar-refractivity contribution in [2.75, 3.05) is 19.6 Å². The molecule has 1 aliphatic rings. The second-order valence-electron chi connectivity index (χ2n) is 7.24. The third kappa shape index (κ3) is 5.42. The molecular weight excluding hydrogens is 260 g/mol. The second kappa shape index (κ2) is 7.39. The summed E-state index contributed by atoms with van der Waals surface area (Å²) in [6, 6.07) is 9.99. The van der Waals surface area contributed by atoms with Crippen LogP contribution in [0.25, 0.3) is 0 Å². The van der Waals surface area contributed by atoms with Crippen molar-refractivity contribution in [3.05, 3.63) is 35.9 Å². The molecule has 3 heteroatoms. The van der Waals surface area contributed by atoms with Crippen LogP contribution >= 0.6 is 0 Å². The second-order valence-corrected chi connectivity index (χ2v) is 7.24. The lowest BCUT2D eigenvalue weighted by molar-refractivity contribution is 0.0909. The summed E-state index contributed by atoms with van der Waals surface area (Å²) in [5, 5.41) is 10.4. The molecule has 1 heterocycles. The van der Waals surface area contributed by atoms with Gasteiger partial charge in [0.1, 0.15) is 0 Å². The first-order valence-corrected chi connectivity index (χ1v) is 8.16. The van der Waals surface area contributed by atoms with Crippen LogP contribution in [0.3, 0.4) is 0 Å². The van der Waals surface area contributed by atoms with Crippen LogP contribution in [0.15, 0.2) is 30.3 Å². The smallest absolute Gasteiger partial charge is 0.0820 e. The van der Waals surface area contributed by atoms with Gasteiger partial charge in [0.05, 0.1) is 6.10 Å². The fourth-order valence-electron chi connectivity index (χ4n) is 3.08. The van der Waals surface area contributed by atoms with Crippen LogP contribution in [0.5, 0.6) is 0 Å². The van der Waals surface area contributed by atoms with Crippen LogP contribution in [0.4, 0.5) is 0 Å².